The van der Waals surface area contributed by atoms with Crippen LogP contribution in [0.1, 0.15) is 250 Å². The second-order valence-corrected chi connectivity index (χ2v) is 31.1. The molecule has 0 spiro atoms. The number of carbonyl (C=O) groups is 6. The van der Waals surface area contributed by atoms with E-state index >= 15 is 0 Å². The van der Waals surface area contributed by atoms with E-state index in [1.807, 2.05) is 139 Å². The number of carbonyl (C=O) groups excluding carboxylic acids is 6. The van der Waals surface area contributed by atoms with Gasteiger partial charge in [-0.25, -0.2) is 9.59 Å². The minimum absolute atomic E-state index is 0.0549. The van der Waals surface area contributed by atoms with Crippen LogP contribution in [0.4, 0.5) is 0 Å². The highest BCUT2D eigenvalue weighted by molar-refractivity contribution is 5.91. The van der Waals surface area contributed by atoms with Gasteiger partial charge in [-0.1, -0.05) is 148 Å². The average molecular weight is 1390 g/mol. The molecule has 6 saturated carbocycles. The first-order chi connectivity index (χ1) is 48.9. The van der Waals surface area contributed by atoms with E-state index in [0.29, 0.717) is 34.1 Å². The fourth-order valence-corrected chi connectivity index (χ4v) is 13.7. The highest BCUT2D eigenvalue weighted by Gasteiger charge is 2.32. The summed E-state index contributed by atoms with van der Waals surface area (Å²) in [6.07, 6.45) is 27.1. The molecular weight excluding hydrogens is 1270 g/mol. The van der Waals surface area contributed by atoms with Gasteiger partial charge >= 0.3 is 35.8 Å². The summed E-state index contributed by atoms with van der Waals surface area (Å²) in [6, 6.07) is 44.8. The van der Waals surface area contributed by atoms with Crippen molar-refractivity contribution in [1.82, 2.24) is 0 Å². The highest BCUT2D eigenvalue weighted by atomic mass is 16.6. The Balaban J connectivity index is 0.000000172. The summed E-state index contributed by atoms with van der Waals surface area (Å²) in [5.41, 5.74) is 8.01. The number of aryl methyl sites for hydroxylation is 6. The first kappa shape index (κ1) is 81.4. The molecule has 0 unspecified atom stereocenters. The molecule has 0 atom stereocenters. The third-order valence-corrected chi connectivity index (χ3v) is 21.4. The van der Waals surface area contributed by atoms with Crippen LogP contribution < -0.4 is 18.9 Å². The summed E-state index contributed by atoms with van der Waals surface area (Å²) in [5.74, 6) is 7.27. The van der Waals surface area contributed by atoms with Crippen LogP contribution >= 0.6 is 0 Å². The van der Waals surface area contributed by atoms with Gasteiger partial charge in [-0.2, -0.15) is 0 Å². The zero-order valence-corrected chi connectivity index (χ0v) is 63.7. The Kier molecular flexibility index (Phi) is 34.1. The number of hydrogen-bond donors (Lipinski definition) is 0. The number of rotatable bonds is 12. The third kappa shape index (κ3) is 29.8. The predicted octanol–water partition coefficient (Wildman–Crippen LogP) is 22.4. The molecule has 0 aromatic heterocycles. The lowest BCUT2D eigenvalue weighted by Gasteiger charge is -2.29. The molecular formula is C90H120O12. The lowest BCUT2D eigenvalue weighted by atomic mass is 9.83. The maximum absolute atomic E-state index is 12.0. The minimum atomic E-state index is -0.325. The van der Waals surface area contributed by atoms with E-state index in [1.54, 1.807) is 48.5 Å². The van der Waals surface area contributed by atoms with E-state index in [1.165, 1.54) is 62.5 Å². The van der Waals surface area contributed by atoms with Crippen molar-refractivity contribution < 1.29 is 57.2 Å². The van der Waals surface area contributed by atoms with Crippen molar-refractivity contribution in [3.05, 3.63) is 190 Å². The molecule has 6 aliphatic rings. The van der Waals surface area contributed by atoms with Gasteiger partial charge < -0.3 is 28.4 Å². The van der Waals surface area contributed by atoms with Crippen LogP contribution in [0.3, 0.4) is 0 Å². The maximum atomic E-state index is 12.0. The van der Waals surface area contributed by atoms with E-state index in [0.717, 1.165) is 160 Å². The lowest BCUT2D eigenvalue weighted by molar-refractivity contribution is -0.158. The van der Waals surface area contributed by atoms with E-state index in [-0.39, 0.29) is 71.7 Å². The Morgan fingerprint density at radius 3 is 0.618 bits per heavy atom. The Bertz CT molecular complexity index is 3200. The monoisotopic (exact) mass is 1390 g/mol. The molecule has 6 aromatic carbocycles. The van der Waals surface area contributed by atoms with Crippen LogP contribution in [-0.2, 0) is 28.7 Å². The van der Waals surface area contributed by atoms with Gasteiger partial charge in [0.2, 0.25) is 0 Å². The Morgan fingerprint density at radius 2 is 0.402 bits per heavy atom. The third-order valence-electron chi connectivity index (χ3n) is 21.4. The first-order valence-electron chi connectivity index (χ1n) is 38.6. The predicted molar refractivity (Wildman–Crippen MR) is 408 cm³/mol. The van der Waals surface area contributed by atoms with Crippen LogP contribution in [-0.4, -0.2) is 48.0 Å². The normalized spacial score (nSPS) is 24.4. The van der Waals surface area contributed by atoms with Gasteiger partial charge in [-0.15, -0.1) is 0 Å². The average Bonchev–Trinajstić information content (AvgIpc) is 0.914. The fourth-order valence-electron chi connectivity index (χ4n) is 13.7. The van der Waals surface area contributed by atoms with Gasteiger partial charge in [0.05, 0.1) is 34.8 Å². The molecule has 0 aliphatic heterocycles. The zero-order chi connectivity index (χ0) is 73.5. The van der Waals surface area contributed by atoms with Crippen LogP contribution in [0.5, 0.6) is 23.0 Å². The van der Waals surface area contributed by atoms with Crippen LogP contribution in [0.2, 0.25) is 0 Å². The van der Waals surface area contributed by atoms with E-state index < -0.39 is 0 Å². The largest absolute Gasteiger partial charge is 0.462 e. The van der Waals surface area contributed by atoms with Crippen molar-refractivity contribution in [3.63, 3.8) is 0 Å². The van der Waals surface area contributed by atoms with Crippen LogP contribution in [0, 0.1) is 101 Å². The van der Waals surface area contributed by atoms with Crippen LogP contribution in [0.25, 0.3) is 0 Å². The summed E-state index contributed by atoms with van der Waals surface area (Å²) < 4.78 is 32.7. The summed E-state index contributed by atoms with van der Waals surface area (Å²) in [5, 5.41) is 0. The number of benzene rings is 6. The molecule has 12 rings (SSSR count). The quantitative estimate of drug-likeness (QED) is 0.0845. The van der Waals surface area contributed by atoms with Crippen molar-refractivity contribution in [1.29, 1.82) is 0 Å². The number of esters is 6. The Hall–Kier alpha value is -7.86. The summed E-state index contributed by atoms with van der Waals surface area (Å²) in [4.78, 5) is 71.5. The van der Waals surface area contributed by atoms with Crippen LogP contribution in [0.15, 0.2) is 146 Å². The molecule has 0 bridgehead atoms. The highest BCUT2D eigenvalue weighted by Crippen LogP contribution is 2.35. The minimum Gasteiger partial charge on any atom is -0.462 e. The lowest BCUT2D eigenvalue weighted by Crippen LogP contribution is -2.29. The molecule has 12 heteroatoms. The second kappa shape index (κ2) is 42.7. The van der Waals surface area contributed by atoms with Crippen molar-refractivity contribution in [3.8, 4) is 23.0 Å². The van der Waals surface area contributed by atoms with Crippen molar-refractivity contribution >= 4 is 35.8 Å². The summed E-state index contributed by atoms with van der Waals surface area (Å²) in [7, 11) is 0. The number of ether oxygens (including phenoxy) is 6. The molecule has 0 saturated heterocycles. The van der Waals surface area contributed by atoms with E-state index in [9.17, 15) is 28.8 Å². The van der Waals surface area contributed by atoms with Crippen molar-refractivity contribution in [2.24, 2.45) is 59.2 Å². The molecule has 6 fully saturated rings. The van der Waals surface area contributed by atoms with Gasteiger partial charge in [-0.3, -0.25) is 19.2 Å². The van der Waals surface area contributed by atoms with Gasteiger partial charge in [0.15, 0.2) is 0 Å². The van der Waals surface area contributed by atoms with Gasteiger partial charge in [-0.05, 0) is 304 Å². The Labute approximate surface area is 611 Å². The molecule has 12 nitrogen and oxygen atoms in total. The maximum Gasteiger partial charge on any atom is 0.343 e. The summed E-state index contributed by atoms with van der Waals surface area (Å²) in [6.45, 7) is 25.6. The SMILES string of the molecule is CC1CCC(OC(=O)C2CCC(C)CC2)CC1.CC1CCC(OC(=O)C2CCC(C)CC2)CC1.Cc1ccc(OC(=O)C2CCC(C)CC2)cc1.Cc1ccc(OC(=O)C2CCC(C)CC2)cc1.Cc1ccc(OC(=O)c2ccc(C)cc2)cc1.Cc1ccc(OC(=O)c2ccc(C)cc2)cc1. The first-order valence-corrected chi connectivity index (χ1v) is 38.6. The molecule has 552 valence electrons. The fraction of sp³-hybridized carbons (Fsp3) is 0.533. The van der Waals surface area contributed by atoms with Gasteiger partial charge in [0, 0.05) is 0 Å². The molecule has 0 amide bonds. The molecule has 0 heterocycles. The molecule has 0 N–H and O–H groups in total. The molecule has 102 heavy (non-hydrogen) atoms. The zero-order valence-electron chi connectivity index (χ0n) is 63.7. The van der Waals surface area contributed by atoms with Crippen molar-refractivity contribution in [2.45, 2.75) is 249 Å². The van der Waals surface area contributed by atoms with Gasteiger partial charge in [0.1, 0.15) is 35.2 Å². The van der Waals surface area contributed by atoms with E-state index in [4.69, 9.17) is 28.4 Å². The van der Waals surface area contributed by atoms with Gasteiger partial charge in [0.25, 0.3) is 0 Å². The smallest absolute Gasteiger partial charge is 0.343 e. The number of hydrogen-bond acceptors (Lipinski definition) is 12. The Morgan fingerprint density at radius 1 is 0.225 bits per heavy atom. The standard InChI is InChI=1S/2C15H26O2.2C15H20O2.2C15H14O2/c6*1-11-3-7-13(8-4-11)15(16)17-14-9-5-12(2)6-10-14/h2*11-14H,3-10H2,1-2H3;2*5-6,9-11,13H,3-4,7-8H2,1-2H3;2*3-10H,1-2H3. The molecule has 6 aromatic rings. The second-order valence-electron chi connectivity index (χ2n) is 31.1. The topological polar surface area (TPSA) is 158 Å². The summed E-state index contributed by atoms with van der Waals surface area (Å²) >= 11 is 0. The van der Waals surface area contributed by atoms with E-state index in [2.05, 4.69) is 41.5 Å². The molecule has 6 aliphatic carbocycles. The molecule has 0 radical (unpaired) electrons. The van der Waals surface area contributed by atoms with Crippen molar-refractivity contribution in [2.75, 3.05) is 0 Å².